The zero-order valence-electron chi connectivity index (χ0n) is 20.8. The van der Waals surface area contributed by atoms with Gasteiger partial charge in [-0.3, -0.25) is 4.79 Å². The quantitative estimate of drug-likeness (QED) is 0.337. The summed E-state index contributed by atoms with van der Waals surface area (Å²) in [6.07, 6.45) is 4.43. The van der Waals surface area contributed by atoms with Crippen LogP contribution in [0.1, 0.15) is 55.7 Å². The van der Waals surface area contributed by atoms with Crippen LogP contribution in [0.2, 0.25) is 0 Å². The zero-order valence-corrected chi connectivity index (χ0v) is 21.6. The van der Waals surface area contributed by atoms with Gasteiger partial charge in [0.15, 0.2) is 0 Å². The van der Waals surface area contributed by atoms with E-state index in [1.165, 1.54) is 47.0 Å². The van der Waals surface area contributed by atoms with Crippen LogP contribution in [0.4, 0.5) is 8.78 Å². The van der Waals surface area contributed by atoms with Crippen LogP contribution >= 0.6 is 11.3 Å². The van der Waals surface area contributed by atoms with Crippen LogP contribution in [-0.4, -0.2) is 29.7 Å². The topological polar surface area (TPSA) is 61.4 Å². The van der Waals surface area contributed by atoms with Crippen molar-refractivity contribution in [3.8, 4) is 10.4 Å². The number of thiophene rings is 1. The zero-order chi connectivity index (χ0) is 25.7. The van der Waals surface area contributed by atoms with E-state index in [2.05, 4.69) is 53.3 Å². The number of carbonyl (C=O) groups excluding carboxylic acids is 1. The second kappa shape index (κ2) is 11.6. The first-order valence-corrected chi connectivity index (χ1v) is 13.4. The Bertz CT molecular complexity index is 1170. The van der Waals surface area contributed by atoms with Gasteiger partial charge in [0.05, 0.1) is 12.1 Å². The van der Waals surface area contributed by atoms with Crippen LogP contribution in [0.25, 0.3) is 10.4 Å². The monoisotopic (exact) mass is 512 g/mol. The first-order chi connectivity index (χ1) is 17.3. The number of carbonyl (C=O) groups is 1. The summed E-state index contributed by atoms with van der Waals surface area (Å²) in [5.41, 5.74) is 3.74. The maximum atomic E-state index is 13.7. The lowest BCUT2D eigenvalue weighted by atomic mass is 9.76. The van der Waals surface area contributed by atoms with Gasteiger partial charge < -0.3 is 15.7 Å². The summed E-state index contributed by atoms with van der Waals surface area (Å²) < 4.78 is 27.5. The maximum absolute atomic E-state index is 13.7. The Labute approximate surface area is 215 Å². The summed E-state index contributed by atoms with van der Waals surface area (Å²) in [5, 5.41) is 19.7. The smallest absolute Gasteiger partial charge is 0.217 e. The van der Waals surface area contributed by atoms with Crippen molar-refractivity contribution in [3.63, 3.8) is 0 Å². The molecule has 1 saturated carbocycles. The standard InChI is InChI=1S/C29H34F2N2O2S/c1-19-9-12-36-28(19)22-7-6-8-23(16-22)29(10-4-3-5-11-29)32-18-27(35)26(33-20(2)34)15-21-13-24(30)17-25(31)14-21/h6-9,12-14,16-17,26-27,32,35H,3-5,10-11,15,18H2,1-2H3,(H,33,34). The Morgan fingerprint density at radius 3 is 2.44 bits per heavy atom. The molecule has 2 aromatic carbocycles. The molecule has 36 heavy (non-hydrogen) atoms. The number of nitrogens with one attached hydrogen (secondary N) is 2. The minimum absolute atomic E-state index is 0.122. The van der Waals surface area contributed by atoms with Crippen molar-refractivity contribution < 1.29 is 18.7 Å². The second-order valence-corrected chi connectivity index (χ2v) is 10.8. The molecule has 0 aliphatic heterocycles. The van der Waals surface area contributed by atoms with E-state index in [1.54, 1.807) is 11.3 Å². The minimum Gasteiger partial charge on any atom is -0.390 e. The summed E-state index contributed by atoms with van der Waals surface area (Å²) >= 11 is 1.73. The molecular weight excluding hydrogens is 478 g/mol. The number of halogens is 2. The van der Waals surface area contributed by atoms with Gasteiger partial charge in [-0.05, 0) is 78.1 Å². The molecule has 1 aliphatic carbocycles. The largest absolute Gasteiger partial charge is 0.390 e. The number of rotatable bonds is 9. The van der Waals surface area contributed by atoms with Gasteiger partial charge in [-0.15, -0.1) is 11.3 Å². The molecule has 3 aromatic rings. The van der Waals surface area contributed by atoms with Crippen molar-refractivity contribution in [2.45, 2.75) is 70.1 Å². The number of aliphatic hydroxyl groups is 1. The van der Waals surface area contributed by atoms with E-state index in [4.69, 9.17) is 0 Å². The molecule has 0 spiro atoms. The molecular formula is C29H34F2N2O2S. The van der Waals surface area contributed by atoms with Crippen molar-refractivity contribution in [1.82, 2.24) is 10.6 Å². The minimum atomic E-state index is -0.943. The van der Waals surface area contributed by atoms with Gasteiger partial charge in [0, 0.05) is 30.0 Å². The molecule has 7 heteroatoms. The number of aryl methyl sites for hydroxylation is 1. The summed E-state index contributed by atoms with van der Waals surface area (Å²) in [6.45, 7) is 3.74. The predicted molar refractivity (Wildman–Crippen MR) is 141 cm³/mol. The molecule has 2 atom stereocenters. The number of benzene rings is 2. The van der Waals surface area contributed by atoms with Gasteiger partial charge in [-0.1, -0.05) is 37.5 Å². The van der Waals surface area contributed by atoms with E-state index < -0.39 is 23.8 Å². The fraction of sp³-hybridized carbons (Fsp3) is 0.414. The summed E-state index contributed by atoms with van der Waals surface area (Å²) in [7, 11) is 0. The number of amides is 1. The Hall–Kier alpha value is -2.61. The average molecular weight is 513 g/mol. The Morgan fingerprint density at radius 2 is 1.81 bits per heavy atom. The SMILES string of the molecule is CC(=O)NC(Cc1cc(F)cc(F)c1)C(O)CNC1(c2cccc(-c3sccc3C)c2)CCCCC1. The third kappa shape index (κ3) is 6.38. The molecule has 0 radical (unpaired) electrons. The molecule has 1 aliphatic rings. The van der Waals surface area contributed by atoms with Crippen molar-refractivity contribution in [1.29, 1.82) is 0 Å². The molecule has 1 heterocycles. The molecule has 0 saturated heterocycles. The Balaban J connectivity index is 1.55. The number of hydrogen-bond acceptors (Lipinski definition) is 4. The van der Waals surface area contributed by atoms with Crippen LogP contribution in [-0.2, 0) is 16.8 Å². The van der Waals surface area contributed by atoms with Gasteiger partial charge >= 0.3 is 0 Å². The molecule has 192 valence electrons. The summed E-state index contributed by atoms with van der Waals surface area (Å²) in [5.74, 6) is -1.66. The number of hydrogen-bond donors (Lipinski definition) is 3. The fourth-order valence-corrected chi connectivity index (χ4v) is 6.24. The van der Waals surface area contributed by atoms with Crippen LogP contribution in [0, 0.1) is 18.6 Å². The van der Waals surface area contributed by atoms with Gasteiger partial charge in [0.25, 0.3) is 0 Å². The highest BCUT2D eigenvalue weighted by Crippen LogP contribution is 2.39. The first kappa shape index (κ1) is 26.5. The van der Waals surface area contributed by atoms with Crippen molar-refractivity contribution in [3.05, 3.63) is 82.2 Å². The third-order valence-corrected chi connectivity index (χ3v) is 8.19. The van der Waals surface area contributed by atoms with Gasteiger partial charge in [-0.2, -0.15) is 0 Å². The fourth-order valence-electron chi connectivity index (χ4n) is 5.32. The maximum Gasteiger partial charge on any atom is 0.217 e. The molecule has 1 fully saturated rings. The van der Waals surface area contributed by atoms with Gasteiger partial charge in [0.2, 0.25) is 5.91 Å². The average Bonchev–Trinajstić information content (AvgIpc) is 3.28. The van der Waals surface area contributed by atoms with E-state index in [9.17, 15) is 18.7 Å². The molecule has 0 bridgehead atoms. The Kier molecular flexibility index (Phi) is 8.54. The highest BCUT2D eigenvalue weighted by atomic mass is 32.1. The van der Waals surface area contributed by atoms with Gasteiger partial charge in [0.1, 0.15) is 11.6 Å². The molecule has 4 rings (SSSR count). The van der Waals surface area contributed by atoms with Crippen molar-refractivity contribution >= 4 is 17.2 Å². The van der Waals surface area contributed by atoms with Crippen LogP contribution in [0.5, 0.6) is 0 Å². The molecule has 4 nitrogen and oxygen atoms in total. The van der Waals surface area contributed by atoms with Gasteiger partial charge in [-0.25, -0.2) is 8.78 Å². The van der Waals surface area contributed by atoms with E-state index in [0.29, 0.717) is 5.56 Å². The second-order valence-electron chi connectivity index (χ2n) is 9.89. The van der Waals surface area contributed by atoms with E-state index in [-0.39, 0.29) is 24.4 Å². The van der Waals surface area contributed by atoms with E-state index in [0.717, 1.165) is 31.7 Å². The van der Waals surface area contributed by atoms with E-state index in [1.807, 2.05) is 0 Å². The van der Waals surface area contributed by atoms with Crippen molar-refractivity contribution in [2.24, 2.45) is 0 Å². The molecule has 1 aromatic heterocycles. The highest BCUT2D eigenvalue weighted by Gasteiger charge is 2.35. The lowest BCUT2D eigenvalue weighted by molar-refractivity contribution is -0.120. The van der Waals surface area contributed by atoms with Crippen LogP contribution < -0.4 is 10.6 Å². The Morgan fingerprint density at radius 1 is 1.08 bits per heavy atom. The lowest BCUT2D eigenvalue weighted by Crippen LogP contribution is -2.53. The normalized spacial score (nSPS) is 16.9. The summed E-state index contributed by atoms with van der Waals surface area (Å²) in [6, 6.07) is 13.4. The van der Waals surface area contributed by atoms with E-state index >= 15 is 0 Å². The molecule has 3 N–H and O–H groups in total. The van der Waals surface area contributed by atoms with Crippen molar-refractivity contribution in [2.75, 3.05) is 6.54 Å². The van der Waals surface area contributed by atoms with Crippen LogP contribution in [0.15, 0.2) is 53.9 Å². The first-order valence-electron chi connectivity index (χ1n) is 12.6. The highest BCUT2D eigenvalue weighted by molar-refractivity contribution is 7.13. The summed E-state index contributed by atoms with van der Waals surface area (Å²) in [4.78, 5) is 13.1. The molecule has 2 unspecified atom stereocenters. The third-order valence-electron chi connectivity index (χ3n) is 7.13. The van der Waals surface area contributed by atoms with Crippen LogP contribution in [0.3, 0.4) is 0 Å². The molecule has 1 amide bonds. The number of aliphatic hydroxyl groups excluding tert-OH is 1. The predicted octanol–water partition coefficient (Wildman–Crippen LogP) is 5.86. The lowest BCUT2D eigenvalue weighted by Gasteiger charge is -2.40.